The Morgan fingerprint density at radius 2 is 1.59 bits per heavy atom. The summed E-state index contributed by atoms with van der Waals surface area (Å²) in [6, 6.07) is -1.26. The maximum Gasteiger partial charge on any atom is 0.242 e. The van der Waals surface area contributed by atoms with E-state index in [1.165, 1.54) is 13.3 Å². The van der Waals surface area contributed by atoms with E-state index in [-0.39, 0.29) is 34.3 Å². The fourth-order valence-corrected chi connectivity index (χ4v) is 1.50. The minimum Gasteiger partial charge on any atom is -0.347 e. The Morgan fingerprint density at radius 1 is 1.09 bits per heavy atom. The van der Waals surface area contributed by atoms with Gasteiger partial charge in [-0.3, -0.25) is 14.4 Å². The highest BCUT2D eigenvalue weighted by atomic mass is 16.2. The van der Waals surface area contributed by atoms with Crippen LogP contribution in [0.1, 0.15) is 65.1 Å². The van der Waals surface area contributed by atoms with Gasteiger partial charge in [-0.2, -0.15) is 0 Å². The first kappa shape index (κ1) is 22.8. The van der Waals surface area contributed by atoms with Crippen LogP contribution in [-0.2, 0) is 14.4 Å². The molecule has 0 spiro atoms. The molecule has 0 aromatic heterocycles. The van der Waals surface area contributed by atoms with Crippen LogP contribution in [-0.4, -0.2) is 36.2 Å². The second-order valence-electron chi connectivity index (χ2n) is 5.83. The molecule has 0 bridgehead atoms. The van der Waals surface area contributed by atoms with E-state index in [9.17, 15) is 14.4 Å². The van der Waals surface area contributed by atoms with Crippen LogP contribution in [0.5, 0.6) is 0 Å². The van der Waals surface area contributed by atoms with Crippen molar-refractivity contribution in [3.05, 3.63) is 0 Å². The number of nitrogens with two attached hydrogens (primary N) is 1. The summed E-state index contributed by atoms with van der Waals surface area (Å²) < 4.78 is 0. The lowest BCUT2D eigenvalue weighted by atomic mass is 10.0. The van der Waals surface area contributed by atoms with E-state index in [2.05, 4.69) is 24.5 Å². The molecule has 0 saturated carbocycles. The van der Waals surface area contributed by atoms with Gasteiger partial charge in [0, 0.05) is 4.28 Å². The summed E-state index contributed by atoms with van der Waals surface area (Å²) in [6.45, 7) is 11.3. The van der Waals surface area contributed by atoms with Crippen LogP contribution < -0.4 is 16.4 Å². The van der Waals surface area contributed by atoms with E-state index in [1.54, 1.807) is 6.92 Å². The molecule has 0 aliphatic rings. The van der Waals surface area contributed by atoms with Crippen molar-refractivity contribution in [1.82, 2.24) is 10.6 Å². The van der Waals surface area contributed by atoms with Crippen molar-refractivity contribution in [2.24, 2.45) is 11.7 Å². The highest BCUT2D eigenvalue weighted by Crippen LogP contribution is 2.05. The third-order valence-electron chi connectivity index (χ3n) is 2.63. The molecule has 6 heteroatoms. The molecule has 0 aromatic carbocycles. The summed E-state index contributed by atoms with van der Waals surface area (Å²) in [6.07, 6.45) is 2.27. The zero-order valence-corrected chi connectivity index (χ0v) is 14.9. The second-order valence-corrected chi connectivity index (χ2v) is 5.83. The van der Waals surface area contributed by atoms with Gasteiger partial charge in [0.25, 0.3) is 0 Å². The summed E-state index contributed by atoms with van der Waals surface area (Å²) >= 11 is 0. The maximum atomic E-state index is 11.9. The predicted molar refractivity (Wildman–Crippen MR) is 95.6 cm³/mol. The van der Waals surface area contributed by atoms with Crippen molar-refractivity contribution in [3.8, 4) is 0 Å². The van der Waals surface area contributed by atoms with E-state index in [0.29, 0.717) is 12.8 Å². The molecule has 22 heavy (non-hydrogen) atoms. The van der Waals surface area contributed by atoms with Gasteiger partial charge in [-0.15, -0.1) is 0 Å². The number of rotatable bonds is 8. The van der Waals surface area contributed by atoms with E-state index in [1.807, 2.05) is 13.8 Å². The molecule has 0 aromatic rings. The van der Waals surface area contributed by atoms with Crippen LogP contribution in [0.25, 0.3) is 0 Å². The smallest absolute Gasteiger partial charge is 0.242 e. The van der Waals surface area contributed by atoms with Crippen molar-refractivity contribution < 1.29 is 18.7 Å². The van der Waals surface area contributed by atoms with Gasteiger partial charge in [-0.05, 0) is 25.7 Å². The average Bonchev–Trinajstić information content (AvgIpc) is 2.43. The molecule has 0 aliphatic heterocycles. The molecule has 0 rings (SSSR count). The SMILES string of the molecule is CCC.CC[C@H](N)C(=O)N[C@@H](CC(C)C)C(=O)NCC(C)=O.[HH].[HH].[HH]. The lowest BCUT2D eigenvalue weighted by molar-refractivity contribution is -0.130. The molecule has 4 N–H and O–H groups in total. The van der Waals surface area contributed by atoms with Crippen molar-refractivity contribution >= 4 is 17.6 Å². The van der Waals surface area contributed by atoms with Gasteiger partial charge in [0.05, 0.1) is 12.6 Å². The van der Waals surface area contributed by atoms with Gasteiger partial charge in [-0.1, -0.05) is 41.0 Å². The van der Waals surface area contributed by atoms with Crippen LogP contribution in [0.2, 0.25) is 0 Å². The Balaban J connectivity index is -0.000000206. The fourth-order valence-electron chi connectivity index (χ4n) is 1.50. The number of hydrogen-bond donors (Lipinski definition) is 3. The van der Waals surface area contributed by atoms with E-state index in [4.69, 9.17) is 5.73 Å². The number of carbonyl (C=O) groups is 3. The topological polar surface area (TPSA) is 101 Å². The summed E-state index contributed by atoms with van der Waals surface area (Å²) in [5, 5.41) is 5.14. The zero-order valence-electron chi connectivity index (χ0n) is 14.9. The minimum atomic E-state index is -0.649. The zero-order chi connectivity index (χ0) is 17.7. The summed E-state index contributed by atoms with van der Waals surface area (Å²) in [7, 11) is 0. The minimum absolute atomic E-state index is 0. The Kier molecular flexibility index (Phi) is 13.8. The number of ketones is 1. The van der Waals surface area contributed by atoms with Crippen LogP contribution in [0.3, 0.4) is 0 Å². The molecule has 0 radical (unpaired) electrons. The average molecular weight is 322 g/mol. The molecule has 0 fully saturated rings. The largest absolute Gasteiger partial charge is 0.347 e. The number of Topliss-reactive ketones (excluding diaryl/α,β-unsaturated/α-hetero) is 1. The van der Waals surface area contributed by atoms with Gasteiger partial charge in [0.1, 0.15) is 11.8 Å². The number of amides is 2. The Labute approximate surface area is 139 Å². The third kappa shape index (κ3) is 12.3. The predicted octanol–water partition coefficient (Wildman–Crippen LogP) is 2.11. The molecule has 2 amide bonds. The summed E-state index contributed by atoms with van der Waals surface area (Å²) in [5.41, 5.74) is 5.62. The lowest BCUT2D eigenvalue weighted by Gasteiger charge is -2.21. The second kappa shape index (κ2) is 13.2. The lowest BCUT2D eigenvalue weighted by Crippen LogP contribution is -2.52. The van der Waals surface area contributed by atoms with E-state index >= 15 is 0 Å². The molecule has 136 valence electrons. The van der Waals surface area contributed by atoms with Gasteiger partial charge in [0.15, 0.2) is 0 Å². The first-order chi connectivity index (χ1) is 10.2. The molecule has 0 unspecified atom stereocenters. The first-order valence-corrected chi connectivity index (χ1v) is 8.02. The standard InChI is InChI=1S/C13H25N3O3.C3H8.3H2/c1-5-10(14)12(18)16-11(6-8(2)3)13(19)15-7-9(4)17;1-3-2;;;/h8,10-11H,5-7,14H2,1-4H3,(H,15,19)(H,16,18);3H2,1-2H3;3*1H/t10-,11-;;;;/m0..../s1. The molecule has 0 heterocycles. The molecular weight excluding hydrogens is 282 g/mol. The number of carbonyl (C=O) groups excluding carboxylic acids is 3. The first-order valence-electron chi connectivity index (χ1n) is 8.02. The van der Waals surface area contributed by atoms with Crippen molar-refractivity contribution in [3.63, 3.8) is 0 Å². The normalized spacial score (nSPS) is 12.7. The Bertz CT molecular complexity index is 357. The number of hydrogen-bond acceptors (Lipinski definition) is 4. The van der Waals surface area contributed by atoms with Gasteiger partial charge < -0.3 is 16.4 Å². The van der Waals surface area contributed by atoms with E-state index in [0.717, 1.165) is 0 Å². The van der Waals surface area contributed by atoms with E-state index < -0.39 is 12.1 Å². The van der Waals surface area contributed by atoms with Gasteiger partial charge >= 0.3 is 0 Å². The Morgan fingerprint density at radius 3 is 1.95 bits per heavy atom. The quantitative estimate of drug-likeness (QED) is 0.637. The maximum absolute atomic E-state index is 11.9. The van der Waals surface area contributed by atoms with Crippen molar-refractivity contribution in [2.45, 2.75) is 72.9 Å². The molecule has 0 aliphatic carbocycles. The summed E-state index contributed by atoms with van der Waals surface area (Å²) in [4.78, 5) is 34.5. The van der Waals surface area contributed by atoms with Gasteiger partial charge in [0.2, 0.25) is 11.8 Å². The molecular formula is C16H39N3O3. The van der Waals surface area contributed by atoms with Gasteiger partial charge in [-0.25, -0.2) is 0 Å². The molecule has 6 nitrogen and oxygen atoms in total. The Hall–Kier alpha value is -1.43. The number of nitrogens with one attached hydrogen (secondary N) is 2. The third-order valence-corrected chi connectivity index (χ3v) is 2.63. The molecule has 2 atom stereocenters. The van der Waals surface area contributed by atoms with Crippen LogP contribution in [0, 0.1) is 5.92 Å². The fraction of sp³-hybridized carbons (Fsp3) is 0.812. The van der Waals surface area contributed by atoms with Crippen LogP contribution >= 0.6 is 0 Å². The highest BCUT2D eigenvalue weighted by molar-refractivity contribution is 5.91. The van der Waals surface area contributed by atoms with Crippen LogP contribution in [0.15, 0.2) is 0 Å². The van der Waals surface area contributed by atoms with Crippen molar-refractivity contribution in [1.29, 1.82) is 0 Å². The van der Waals surface area contributed by atoms with Crippen molar-refractivity contribution in [2.75, 3.05) is 6.54 Å². The van der Waals surface area contributed by atoms with Crippen LogP contribution in [0.4, 0.5) is 0 Å². The highest BCUT2D eigenvalue weighted by Gasteiger charge is 2.23. The molecule has 0 saturated heterocycles. The monoisotopic (exact) mass is 321 g/mol. The summed E-state index contributed by atoms with van der Waals surface area (Å²) in [5.74, 6) is -0.578.